The molecule has 3 rings (SSSR count). The van der Waals surface area contributed by atoms with E-state index in [1.54, 1.807) is 23.4 Å². The lowest BCUT2D eigenvalue weighted by molar-refractivity contribution is -0.134. The number of hydrogen-bond donors (Lipinski definition) is 0. The van der Waals surface area contributed by atoms with E-state index in [0.717, 1.165) is 11.3 Å². The van der Waals surface area contributed by atoms with Crippen LogP contribution < -0.4 is 0 Å². The second kappa shape index (κ2) is 6.35. The number of likely N-dealkylation sites (tertiary alicyclic amines) is 1. The van der Waals surface area contributed by atoms with Crippen LogP contribution in [0.2, 0.25) is 0 Å². The molecule has 0 atom stereocenters. The minimum absolute atomic E-state index is 0.0423. The Morgan fingerprint density at radius 1 is 1.25 bits per heavy atom. The predicted molar refractivity (Wildman–Crippen MR) is 90.0 cm³/mol. The third kappa shape index (κ3) is 3.33. The zero-order chi connectivity index (χ0) is 17.3. The number of aromatic nitrogens is 3. The molecule has 128 valence electrons. The van der Waals surface area contributed by atoms with Gasteiger partial charge in [-0.05, 0) is 13.8 Å². The SMILES string of the molecule is CC(C)S(=O)(=O)CC(=O)N1CC(n2cc(-c3ccccc3)nn2)C1. The summed E-state index contributed by atoms with van der Waals surface area (Å²) in [6, 6.07) is 9.78. The van der Waals surface area contributed by atoms with Gasteiger partial charge in [0, 0.05) is 18.7 Å². The van der Waals surface area contributed by atoms with Gasteiger partial charge in [-0.15, -0.1) is 5.10 Å². The fourth-order valence-electron chi connectivity index (χ4n) is 2.45. The van der Waals surface area contributed by atoms with Gasteiger partial charge >= 0.3 is 0 Å². The highest BCUT2D eigenvalue weighted by atomic mass is 32.2. The number of sulfone groups is 1. The maximum Gasteiger partial charge on any atom is 0.237 e. The molecule has 2 aromatic rings. The summed E-state index contributed by atoms with van der Waals surface area (Å²) in [6.45, 7) is 4.10. The number of nitrogens with zero attached hydrogens (tertiary/aromatic N) is 4. The topological polar surface area (TPSA) is 85.2 Å². The van der Waals surface area contributed by atoms with Crippen molar-refractivity contribution >= 4 is 15.7 Å². The zero-order valence-corrected chi connectivity index (χ0v) is 14.5. The van der Waals surface area contributed by atoms with Crippen molar-refractivity contribution in [3.63, 3.8) is 0 Å². The molecular weight excluding hydrogens is 328 g/mol. The number of carbonyl (C=O) groups is 1. The van der Waals surface area contributed by atoms with Gasteiger partial charge in [-0.3, -0.25) is 4.79 Å². The molecule has 1 aliphatic rings. The highest BCUT2D eigenvalue weighted by molar-refractivity contribution is 7.92. The molecule has 1 aromatic carbocycles. The second-order valence-corrected chi connectivity index (χ2v) is 8.82. The second-order valence-electron chi connectivity index (χ2n) is 6.26. The van der Waals surface area contributed by atoms with Crippen LogP contribution in [0.15, 0.2) is 36.5 Å². The molecule has 0 saturated carbocycles. The van der Waals surface area contributed by atoms with Gasteiger partial charge in [0.15, 0.2) is 9.84 Å². The predicted octanol–water partition coefficient (Wildman–Crippen LogP) is 1.15. The Labute approximate surface area is 141 Å². The van der Waals surface area contributed by atoms with Crippen molar-refractivity contribution in [1.29, 1.82) is 0 Å². The van der Waals surface area contributed by atoms with Gasteiger partial charge in [-0.2, -0.15) is 0 Å². The first-order chi connectivity index (χ1) is 11.4. The summed E-state index contributed by atoms with van der Waals surface area (Å²) in [4.78, 5) is 13.6. The summed E-state index contributed by atoms with van der Waals surface area (Å²) < 4.78 is 25.4. The van der Waals surface area contributed by atoms with Crippen LogP contribution in [-0.2, 0) is 14.6 Å². The van der Waals surface area contributed by atoms with Gasteiger partial charge in [0.1, 0.15) is 11.4 Å². The molecule has 1 aromatic heterocycles. The van der Waals surface area contributed by atoms with Crippen molar-refractivity contribution in [2.24, 2.45) is 0 Å². The van der Waals surface area contributed by atoms with Crippen molar-refractivity contribution in [1.82, 2.24) is 19.9 Å². The minimum atomic E-state index is -3.36. The molecule has 1 fully saturated rings. The Hall–Kier alpha value is -2.22. The van der Waals surface area contributed by atoms with E-state index < -0.39 is 20.8 Å². The highest BCUT2D eigenvalue weighted by Crippen LogP contribution is 2.23. The number of benzene rings is 1. The van der Waals surface area contributed by atoms with Gasteiger partial charge in [0.05, 0.1) is 17.5 Å². The third-order valence-corrected chi connectivity index (χ3v) is 6.30. The molecule has 1 aliphatic heterocycles. The zero-order valence-electron chi connectivity index (χ0n) is 13.7. The van der Waals surface area contributed by atoms with Crippen molar-refractivity contribution in [3.05, 3.63) is 36.5 Å². The number of rotatable bonds is 5. The first kappa shape index (κ1) is 16.6. The number of amides is 1. The lowest BCUT2D eigenvalue weighted by Crippen LogP contribution is -2.52. The van der Waals surface area contributed by atoms with Gasteiger partial charge in [-0.25, -0.2) is 13.1 Å². The summed E-state index contributed by atoms with van der Waals surface area (Å²) in [5, 5.41) is 7.74. The molecule has 1 amide bonds. The van der Waals surface area contributed by atoms with Gasteiger partial charge in [-0.1, -0.05) is 35.5 Å². The molecule has 24 heavy (non-hydrogen) atoms. The Morgan fingerprint density at radius 2 is 1.92 bits per heavy atom. The van der Waals surface area contributed by atoms with Crippen LogP contribution in [-0.4, -0.2) is 58.3 Å². The maximum absolute atomic E-state index is 12.1. The monoisotopic (exact) mass is 348 g/mol. The lowest BCUT2D eigenvalue weighted by atomic mass is 10.1. The largest absolute Gasteiger partial charge is 0.337 e. The van der Waals surface area contributed by atoms with Crippen LogP contribution in [0.1, 0.15) is 19.9 Å². The molecule has 0 N–H and O–H groups in total. The summed E-state index contributed by atoms with van der Waals surface area (Å²) >= 11 is 0. The quantitative estimate of drug-likeness (QED) is 0.809. The van der Waals surface area contributed by atoms with Crippen molar-refractivity contribution in [3.8, 4) is 11.3 Å². The van der Waals surface area contributed by atoms with Crippen LogP contribution >= 0.6 is 0 Å². The number of hydrogen-bond acceptors (Lipinski definition) is 5. The molecular formula is C16H20N4O3S. The smallest absolute Gasteiger partial charge is 0.237 e. The molecule has 2 heterocycles. The summed E-state index contributed by atoms with van der Waals surface area (Å²) in [5.74, 6) is -0.771. The van der Waals surface area contributed by atoms with E-state index in [1.165, 1.54) is 0 Å². The van der Waals surface area contributed by atoms with Crippen LogP contribution in [0, 0.1) is 0 Å². The first-order valence-corrected chi connectivity index (χ1v) is 9.55. The lowest BCUT2D eigenvalue weighted by Gasteiger charge is -2.38. The van der Waals surface area contributed by atoms with E-state index >= 15 is 0 Å². The molecule has 0 aliphatic carbocycles. The van der Waals surface area contributed by atoms with Gasteiger partial charge in [0.2, 0.25) is 5.91 Å². The van der Waals surface area contributed by atoms with Crippen LogP contribution in [0.5, 0.6) is 0 Å². The Morgan fingerprint density at radius 3 is 2.54 bits per heavy atom. The Balaban J connectivity index is 1.59. The molecule has 7 nitrogen and oxygen atoms in total. The van der Waals surface area contributed by atoms with Crippen LogP contribution in [0.25, 0.3) is 11.3 Å². The standard InChI is InChI=1S/C16H20N4O3S/c1-12(2)24(22,23)11-16(21)19-8-14(9-19)20-10-15(17-18-20)13-6-4-3-5-7-13/h3-7,10,12,14H,8-9,11H2,1-2H3. The van der Waals surface area contributed by atoms with Crippen LogP contribution in [0.4, 0.5) is 0 Å². The van der Waals surface area contributed by atoms with E-state index in [0.29, 0.717) is 13.1 Å². The summed E-state index contributed by atoms with van der Waals surface area (Å²) in [6.07, 6.45) is 1.85. The van der Waals surface area contributed by atoms with E-state index in [-0.39, 0.29) is 11.9 Å². The van der Waals surface area contributed by atoms with E-state index in [4.69, 9.17) is 0 Å². The van der Waals surface area contributed by atoms with E-state index in [1.807, 2.05) is 36.5 Å². The molecule has 0 bridgehead atoms. The molecule has 0 spiro atoms. The first-order valence-electron chi connectivity index (χ1n) is 7.83. The van der Waals surface area contributed by atoms with E-state index in [2.05, 4.69) is 10.3 Å². The summed E-state index contributed by atoms with van der Waals surface area (Å²) in [7, 11) is -3.36. The molecule has 0 unspecified atom stereocenters. The molecule has 8 heteroatoms. The maximum atomic E-state index is 12.1. The van der Waals surface area contributed by atoms with E-state index in [9.17, 15) is 13.2 Å². The van der Waals surface area contributed by atoms with Crippen molar-refractivity contribution in [2.45, 2.75) is 25.1 Å². The van der Waals surface area contributed by atoms with Gasteiger partial charge in [0.25, 0.3) is 0 Å². The third-order valence-electron chi connectivity index (χ3n) is 4.21. The van der Waals surface area contributed by atoms with Crippen molar-refractivity contribution in [2.75, 3.05) is 18.8 Å². The summed E-state index contributed by atoms with van der Waals surface area (Å²) in [5.41, 5.74) is 1.77. The van der Waals surface area contributed by atoms with Gasteiger partial charge < -0.3 is 4.90 Å². The molecule has 1 saturated heterocycles. The highest BCUT2D eigenvalue weighted by Gasteiger charge is 2.35. The molecule has 0 radical (unpaired) electrons. The Kier molecular flexibility index (Phi) is 4.40. The fraction of sp³-hybridized carbons (Fsp3) is 0.438. The average molecular weight is 348 g/mol. The minimum Gasteiger partial charge on any atom is -0.337 e. The number of carbonyl (C=O) groups excluding carboxylic acids is 1. The average Bonchev–Trinajstić information content (AvgIpc) is 2.95. The van der Waals surface area contributed by atoms with Crippen molar-refractivity contribution < 1.29 is 13.2 Å². The fourth-order valence-corrected chi connectivity index (χ4v) is 3.31. The van der Waals surface area contributed by atoms with Crippen LogP contribution in [0.3, 0.4) is 0 Å². The Bertz CT molecular complexity index is 824. The normalized spacial score (nSPS) is 15.5.